The third-order valence-electron chi connectivity index (χ3n) is 7.42. The molecule has 4 aromatic rings. The number of aliphatic hydroxyl groups excluding tert-OH is 3. The summed E-state index contributed by atoms with van der Waals surface area (Å²) < 4.78 is 20.1. The minimum Gasteiger partial charge on any atom is -0.387 e. The summed E-state index contributed by atoms with van der Waals surface area (Å²) in [4.78, 5) is 25.4. The molecule has 0 bridgehead atoms. The average molecular weight is 535 g/mol. The van der Waals surface area contributed by atoms with Crippen molar-refractivity contribution in [1.82, 2.24) is 9.55 Å². The molecule has 1 unspecified atom stereocenters. The highest BCUT2D eigenvalue weighted by Crippen LogP contribution is 2.51. The first-order chi connectivity index (χ1) is 18.7. The van der Waals surface area contributed by atoms with Gasteiger partial charge in [-0.2, -0.15) is 4.39 Å². The van der Waals surface area contributed by atoms with Gasteiger partial charge in [-0.25, -0.2) is 4.79 Å². The molecule has 1 aromatic heterocycles. The predicted molar refractivity (Wildman–Crippen MR) is 138 cm³/mol. The van der Waals surface area contributed by atoms with Crippen LogP contribution >= 0.6 is 0 Å². The van der Waals surface area contributed by atoms with Crippen LogP contribution in [0.25, 0.3) is 0 Å². The van der Waals surface area contributed by atoms with Gasteiger partial charge in [0.05, 0.1) is 18.2 Å². The Morgan fingerprint density at radius 2 is 1.36 bits per heavy atom. The number of rotatable bonds is 6. The van der Waals surface area contributed by atoms with Gasteiger partial charge in [0.1, 0.15) is 23.9 Å². The molecule has 5 rings (SSSR count). The first-order valence-corrected chi connectivity index (χ1v) is 12.3. The molecule has 0 saturated carbocycles. The Labute approximate surface area is 222 Å². The van der Waals surface area contributed by atoms with Gasteiger partial charge in [0, 0.05) is 0 Å². The SMILES string of the molecule is O=c1[nH]c(=O)n(C(O)[C@H]2OC[C@@](O)(C(c3ccccc3)(c3ccccc3)c3ccccc3)[C@@H](O)[C@H]2O)cc1F. The number of hydrogen-bond acceptors (Lipinski definition) is 7. The Balaban J connectivity index is 1.67. The summed E-state index contributed by atoms with van der Waals surface area (Å²) in [7, 11) is 0. The quantitative estimate of drug-likeness (QED) is 0.233. The maximum Gasteiger partial charge on any atom is 0.330 e. The molecule has 3 aromatic carbocycles. The molecular weight excluding hydrogens is 507 g/mol. The van der Waals surface area contributed by atoms with Crippen molar-refractivity contribution in [3.63, 3.8) is 0 Å². The molecule has 0 radical (unpaired) electrons. The van der Waals surface area contributed by atoms with E-state index in [1.54, 1.807) is 77.8 Å². The molecule has 202 valence electrons. The van der Waals surface area contributed by atoms with Crippen molar-refractivity contribution in [2.75, 3.05) is 6.61 Å². The Morgan fingerprint density at radius 3 is 1.82 bits per heavy atom. The molecule has 39 heavy (non-hydrogen) atoms. The zero-order valence-electron chi connectivity index (χ0n) is 20.6. The lowest BCUT2D eigenvalue weighted by molar-refractivity contribution is -0.272. The monoisotopic (exact) mass is 534 g/mol. The number of hydrogen-bond donors (Lipinski definition) is 5. The lowest BCUT2D eigenvalue weighted by Gasteiger charge is -2.55. The van der Waals surface area contributed by atoms with Gasteiger partial charge in [0.25, 0.3) is 5.56 Å². The second-order valence-electron chi connectivity index (χ2n) is 9.54. The fourth-order valence-electron chi connectivity index (χ4n) is 5.59. The van der Waals surface area contributed by atoms with Gasteiger partial charge in [-0.1, -0.05) is 91.0 Å². The van der Waals surface area contributed by atoms with E-state index in [0.717, 1.165) is 0 Å². The van der Waals surface area contributed by atoms with Crippen LogP contribution in [-0.4, -0.2) is 60.5 Å². The molecule has 0 aliphatic carbocycles. The lowest BCUT2D eigenvalue weighted by Crippen LogP contribution is -2.71. The molecule has 1 aliphatic heterocycles. The summed E-state index contributed by atoms with van der Waals surface area (Å²) in [6.45, 7) is -0.605. The molecule has 9 nitrogen and oxygen atoms in total. The molecular formula is C29H27FN2O7. The maximum atomic E-state index is 13.9. The predicted octanol–water partition coefficient (Wildman–Crippen LogP) is 1.05. The van der Waals surface area contributed by atoms with Crippen LogP contribution in [-0.2, 0) is 10.2 Å². The van der Waals surface area contributed by atoms with Crippen LogP contribution in [0.1, 0.15) is 22.9 Å². The van der Waals surface area contributed by atoms with Crippen LogP contribution in [0.15, 0.2) is 107 Å². The Morgan fingerprint density at radius 1 is 0.897 bits per heavy atom. The number of ether oxygens (including phenoxy) is 1. The van der Waals surface area contributed by atoms with E-state index in [-0.39, 0.29) is 0 Å². The molecule has 10 heteroatoms. The normalized spacial score (nSPS) is 24.3. The lowest BCUT2D eigenvalue weighted by atomic mass is 9.56. The minimum absolute atomic E-state index is 0.445. The van der Waals surface area contributed by atoms with E-state index >= 15 is 0 Å². The van der Waals surface area contributed by atoms with E-state index in [1.807, 2.05) is 18.2 Å². The van der Waals surface area contributed by atoms with Crippen LogP contribution in [0.2, 0.25) is 0 Å². The molecule has 0 spiro atoms. The first kappa shape index (κ1) is 26.7. The van der Waals surface area contributed by atoms with E-state index in [2.05, 4.69) is 0 Å². The van der Waals surface area contributed by atoms with Crippen molar-refractivity contribution in [3.8, 4) is 0 Å². The van der Waals surface area contributed by atoms with Crippen molar-refractivity contribution in [1.29, 1.82) is 0 Å². The third-order valence-corrected chi connectivity index (χ3v) is 7.42. The fraction of sp³-hybridized carbons (Fsp3) is 0.241. The maximum absolute atomic E-state index is 13.9. The first-order valence-electron chi connectivity index (χ1n) is 12.3. The number of H-pyrrole nitrogens is 1. The second-order valence-corrected chi connectivity index (χ2v) is 9.54. The molecule has 5 N–H and O–H groups in total. The van der Waals surface area contributed by atoms with E-state index in [4.69, 9.17) is 4.74 Å². The van der Waals surface area contributed by atoms with Crippen LogP contribution in [0.4, 0.5) is 4.39 Å². The van der Waals surface area contributed by atoms with Crippen molar-refractivity contribution >= 4 is 0 Å². The second kappa shape index (κ2) is 10.3. The zero-order valence-corrected chi connectivity index (χ0v) is 20.6. The van der Waals surface area contributed by atoms with Gasteiger partial charge in [0.2, 0.25) is 5.82 Å². The van der Waals surface area contributed by atoms with Gasteiger partial charge < -0.3 is 25.2 Å². The molecule has 1 aliphatic rings. The molecule has 0 amide bonds. The highest BCUT2D eigenvalue weighted by Gasteiger charge is 2.63. The van der Waals surface area contributed by atoms with Crippen LogP contribution in [0, 0.1) is 5.82 Å². The summed E-state index contributed by atoms with van der Waals surface area (Å²) in [6.07, 6.45) is -7.07. The van der Waals surface area contributed by atoms with E-state index in [9.17, 15) is 34.4 Å². The van der Waals surface area contributed by atoms with Crippen molar-refractivity contribution in [3.05, 3.63) is 141 Å². The average Bonchev–Trinajstić information content (AvgIpc) is 2.96. The molecule has 5 atom stereocenters. The van der Waals surface area contributed by atoms with Crippen LogP contribution < -0.4 is 11.2 Å². The number of halogens is 1. The Hall–Kier alpha value is -3.93. The van der Waals surface area contributed by atoms with Crippen LogP contribution in [0.3, 0.4) is 0 Å². The highest BCUT2D eigenvalue weighted by atomic mass is 19.1. The summed E-state index contributed by atoms with van der Waals surface area (Å²) >= 11 is 0. The van der Waals surface area contributed by atoms with E-state index < -0.39 is 59.2 Å². The standard InChI is InChI=1S/C29H27FN2O7/c30-21-16-32(27(37)31-25(21)35)26(36)23-22(33)24(34)28(38,17-39-23)29(18-10-4-1-5-11-18,19-12-6-2-7-13-19)20-14-8-3-9-15-20/h1-16,22-24,26,33-34,36,38H,17H2,(H,31,35,37)/t22-,23-,24-,26?,28-/m0/s1. The van der Waals surface area contributed by atoms with Crippen LogP contribution in [0.5, 0.6) is 0 Å². The number of nitrogens with one attached hydrogen (secondary N) is 1. The largest absolute Gasteiger partial charge is 0.387 e. The molecule has 2 heterocycles. The smallest absolute Gasteiger partial charge is 0.330 e. The van der Waals surface area contributed by atoms with Crippen molar-refractivity contribution in [2.24, 2.45) is 0 Å². The summed E-state index contributed by atoms with van der Waals surface area (Å²) in [5, 5.41) is 46.2. The number of aliphatic hydroxyl groups is 4. The van der Waals surface area contributed by atoms with Gasteiger partial charge in [-0.05, 0) is 16.7 Å². The Kier molecular flexibility index (Phi) is 7.06. The highest BCUT2D eigenvalue weighted by molar-refractivity contribution is 5.55. The van der Waals surface area contributed by atoms with E-state index in [1.165, 1.54) is 0 Å². The van der Waals surface area contributed by atoms with E-state index in [0.29, 0.717) is 27.5 Å². The Bertz CT molecular complexity index is 1450. The fourth-order valence-corrected chi connectivity index (χ4v) is 5.59. The van der Waals surface area contributed by atoms with Gasteiger partial charge in [-0.15, -0.1) is 0 Å². The van der Waals surface area contributed by atoms with Gasteiger partial charge in [0.15, 0.2) is 6.23 Å². The van der Waals surface area contributed by atoms with Gasteiger partial charge in [-0.3, -0.25) is 14.3 Å². The number of aromatic nitrogens is 2. The van der Waals surface area contributed by atoms with Crippen molar-refractivity contribution in [2.45, 2.75) is 35.6 Å². The summed E-state index contributed by atoms with van der Waals surface area (Å²) in [5.41, 5.74) is -4.33. The minimum atomic E-state index is -2.21. The summed E-state index contributed by atoms with van der Waals surface area (Å²) in [6, 6.07) is 26.9. The summed E-state index contributed by atoms with van der Waals surface area (Å²) in [5.74, 6) is -1.34. The number of nitrogens with zero attached hydrogens (tertiary/aromatic N) is 1. The van der Waals surface area contributed by atoms with Gasteiger partial charge >= 0.3 is 5.69 Å². The molecule has 1 fully saturated rings. The van der Waals surface area contributed by atoms with Crippen molar-refractivity contribution < 1.29 is 29.6 Å². The zero-order chi connectivity index (χ0) is 27.8. The molecule has 1 saturated heterocycles. The topological polar surface area (TPSA) is 145 Å². The number of benzene rings is 3. The third kappa shape index (κ3) is 4.22. The number of aromatic amines is 1.